The van der Waals surface area contributed by atoms with Crippen molar-refractivity contribution in [2.45, 2.75) is 0 Å². The van der Waals surface area contributed by atoms with Crippen LogP contribution >= 0.6 is 0 Å². The third kappa shape index (κ3) is 20.8. The number of hydrogen-bond donors (Lipinski definition) is 0. The van der Waals surface area contributed by atoms with Crippen LogP contribution < -0.4 is 0 Å². The molecule has 2 radical (unpaired) electrons. The molecule has 5 heteroatoms. The molecule has 0 aromatic heterocycles. The van der Waals surface area contributed by atoms with Crippen molar-refractivity contribution in [3.63, 3.8) is 0 Å². The van der Waals surface area contributed by atoms with Crippen molar-refractivity contribution in [3.05, 3.63) is 0 Å². The predicted molar refractivity (Wildman–Crippen MR) is 0.686 cm³/mol. The molecule has 0 rings (SSSR count). The van der Waals surface area contributed by atoms with Gasteiger partial charge < -0.3 is 5.48 Å². The van der Waals surface area contributed by atoms with Gasteiger partial charge in [0.2, 0.25) is 0 Å². The van der Waals surface area contributed by atoms with Crippen LogP contribution in [0, 0.1) is 0 Å². The van der Waals surface area contributed by atoms with Gasteiger partial charge >= 0.3 is 81.0 Å². The van der Waals surface area contributed by atoms with Gasteiger partial charge in [0.25, 0.3) is 0 Å². The fourth-order valence-electron chi connectivity index (χ4n) is 0. The summed E-state index contributed by atoms with van der Waals surface area (Å²) in [6.07, 6.45) is 0. The van der Waals surface area contributed by atoms with E-state index >= 15 is 0 Å². The maximum absolute atomic E-state index is 0. The van der Waals surface area contributed by atoms with Crippen LogP contribution in [0.1, 0.15) is 0 Å². The minimum atomic E-state index is 0. The molecule has 0 aliphatic carbocycles. The average molecular weight is 500 g/mol. The Morgan fingerprint density at radius 3 is 1.00 bits per heavy atom. The Hall–Kier alpha value is 2.56. The predicted octanol–water partition coefficient (Wildman–Crippen LogP) is -0.129. The molecule has 0 atom stereocenters. The second-order valence-electron chi connectivity index (χ2n) is 0. The Morgan fingerprint density at radius 1 is 1.00 bits per heavy atom. The summed E-state index contributed by atoms with van der Waals surface area (Å²) < 4.78 is 0. The Kier molecular flexibility index (Phi) is 308. The van der Waals surface area contributed by atoms with Crippen LogP contribution in [0.5, 0.6) is 0 Å². The van der Waals surface area contributed by atoms with Crippen molar-refractivity contribution in [1.82, 2.24) is 0 Å². The molecule has 0 aliphatic rings. The molecule has 0 amide bonds. The van der Waals surface area contributed by atoms with Gasteiger partial charge in [-0.3, -0.25) is 0 Å². The van der Waals surface area contributed by atoms with Crippen molar-refractivity contribution < 1.29 is 86.5 Å². The minimum Gasteiger partial charge on any atom is -2.00 e. The molecule has 0 aromatic rings. The summed E-state index contributed by atoms with van der Waals surface area (Å²) in [4.78, 5) is 0. The average Bonchev–Trinajstić information content (AvgIpc) is 0. The Labute approximate surface area is 85.3 Å². The SMILES string of the molecule is [Co+2].[Cr+3].[Hf+4].[O-2].[Pt+2]. The Morgan fingerprint density at radius 2 is 1.00 bits per heavy atom. The third-order valence-electron chi connectivity index (χ3n) is 0. The first-order chi connectivity index (χ1) is 0. The molecule has 0 fully saturated rings. The van der Waals surface area contributed by atoms with Gasteiger partial charge in [-0.2, -0.15) is 0 Å². The first kappa shape index (κ1) is 49.7. The van der Waals surface area contributed by atoms with Gasteiger partial charge in [0.05, 0.1) is 0 Å². The second kappa shape index (κ2) is 31.0. The van der Waals surface area contributed by atoms with Crippen molar-refractivity contribution in [1.29, 1.82) is 0 Å². The van der Waals surface area contributed by atoms with Crippen LogP contribution in [-0.4, -0.2) is 0 Å². The molecule has 26 valence electrons. The van der Waals surface area contributed by atoms with E-state index in [1.54, 1.807) is 0 Å². The summed E-state index contributed by atoms with van der Waals surface area (Å²) in [6.45, 7) is 0. The monoisotopic (exact) mass is 502 g/mol. The molecular weight excluding hydrogens is 500 g/mol. The van der Waals surface area contributed by atoms with Gasteiger partial charge in [-0.05, 0) is 0 Å². The standard InChI is InChI=1S/Co.Cr.Hf.O.Pt/q+2;+3;+4;-2;+2. The van der Waals surface area contributed by atoms with Gasteiger partial charge in [-0.25, -0.2) is 0 Å². The molecule has 0 aliphatic heterocycles. The smallest absolute Gasteiger partial charge is 2.00 e. The van der Waals surface area contributed by atoms with E-state index in [2.05, 4.69) is 0 Å². The maximum Gasteiger partial charge on any atom is 4.00 e. The first-order valence-corrected chi connectivity index (χ1v) is 0. The van der Waals surface area contributed by atoms with Gasteiger partial charge in [-0.15, -0.1) is 0 Å². The van der Waals surface area contributed by atoms with Crippen LogP contribution in [-0.2, 0) is 86.5 Å². The summed E-state index contributed by atoms with van der Waals surface area (Å²) in [5, 5.41) is 0. The summed E-state index contributed by atoms with van der Waals surface area (Å²) >= 11 is 0. The van der Waals surface area contributed by atoms with Gasteiger partial charge in [0.15, 0.2) is 0 Å². The first-order valence-electron chi connectivity index (χ1n) is 0. The summed E-state index contributed by atoms with van der Waals surface area (Å²) in [5.74, 6) is 0. The molecule has 1 nitrogen and oxygen atoms in total. The zero-order chi connectivity index (χ0) is 0. The summed E-state index contributed by atoms with van der Waals surface area (Å²) in [5.41, 5.74) is 0. The van der Waals surface area contributed by atoms with Crippen molar-refractivity contribution in [2.75, 3.05) is 0 Å². The summed E-state index contributed by atoms with van der Waals surface area (Å²) in [6, 6.07) is 0. The maximum atomic E-state index is 0. The number of hydrogen-bond acceptors (Lipinski definition) is 0. The van der Waals surface area contributed by atoms with E-state index in [-0.39, 0.29) is 86.5 Å². The van der Waals surface area contributed by atoms with E-state index in [4.69, 9.17) is 0 Å². The molecule has 0 spiro atoms. The third-order valence-corrected chi connectivity index (χ3v) is 0. The summed E-state index contributed by atoms with van der Waals surface area (Å²) in [7, 11) is 0. The van der Waals surface area contributed by atoms with E-state index in [9.17, 15) is 0 Å². The van der Waals surface area contributed by atoms with E-state index in [0.29, 0.717) is 0 Å². The van der Waals surface area contributed by atoms with Crippen LogP contribution in [0.25, 0.3) is 0 Å². The molecule has 0 saturated carbocycles. The van der Waals surface area contributed by atoms with E-state index < -0.39 is 0 Å². The fraction of sp³-hybridized carbons (Fsp3) is 0. The molecule has 0 bridgehead atoms. The van der Waals surface area contributed by atoms with Gasteiger partial charge in [0.1, 0.15) is 0 Å². The van der Waals surface area contributed by atoms with Gasteiger partial charge in [0, 0.05) is 0 Å². The van der Waals surface area contributed by atoms with Crippen molar-refractivity contribution in [3.8, 4) is 0 Å². The van der Waals surface area contributed by atoms with E-state index in [1.165, 1.54) is 0 Å². The van der Waals surface area contributed by atoms with Crippen LogP contribution in [0.2, 0.25) is 0 Å². The van der Waals surface area contributed by atoms with E-state index in [0.717, 1.165) is 0 Å². The molecule has 0 unspecified atom stereocenters. The molecular formula is CoCrHfOPt+9. The van der Waals surface area contributed by atoms with Gasteiger partial charge in [-0.1, -0.05) is 0 Å². The Bertz CT molecular complexity index is 11.6. The fourth-order valence-corrected chi connectivity index (χ4v) is 0. The van der Waals surface area contributed by atoms with Crippen molar-refractivity contribution >= 4 is 0 Å². The zero-order valence-corrected chi connectivity index (χ0v) is 10.1. The molecule has 0 aromatic carbocycles. The minimum absolute atomic E-state index is 0. The van der Waals surface area contributed by atoms with Crippen LogP contribution in [0.3, 0.4) is 0 Å². The molecule has 0 N–H and O–H groups in total. The van der Waals surface area contributed by atoms with E-state index in [1.807, 2.05) is 0 Å². The number of rotatable bonds is 0. The zero-order valence-electron chi connectivity index (χ0n) is 1.97. The molecule has 0 heterocycles. The topological polar surface area (TPSA) is 28.5 Å². The van der Waals surface area contributed by atoms with Crippen molar-refractivity contribution in [2.24, 2.45) is 0 Å². The largest absolute Gasteiger partial charge is 4.00 e. The second-order valence-corrected chi connectivity index (χ2v) is 0. The quantitative estimate of drug-likeness (QED) is 0.415. The Balaban J connectivity index is 0. The van der Waals surface area contributed by atoms with Crippen LogP contribution in [0.4, 0.5) is 0 Å². The normalized spacial score (nSPS) is 0. The van der Waals surface area contributed by atoms with Crippen LogP contribution in [0.15, 0.2) is 0 Å². The molecule has 5 heavy (non-hydrogen) atoms. The molecule has 0 saturated heterocycles.